The monoisotopic (exact) mass is 161 g/mol. The predicted octanol–water partition coefficient (Wildman–Crippen LogP) is 1.35. The highest BCUT2D eigenvalue weighted by Crippen LogP contribution is 2.02. The molecule has 4 unspecified atom stereocenters. The van der Waals surface area contributed by atoms with Crippen LogP contribution in [0.15, 0.2) is 25.3 Å². The van der Waals surface area contributed by atoms with E-state index in [2.05, 4.69) is 37.0 Å². The predicted molar refractivity (Wildman–Crippen MR) is 50.5 cm³/mol. The number of hydrogen-bond acceptors (Lipinski definition) is 1. The Kier molecular flexibility index (Phi) is 5.28. The molecule has 3 heteroatoms. The van der Waals surface area contributed by atoms with E-state index in [0.29, 0.717) is 0 Å². The Labute approximate surface area is 61.4 Å². The molecule has 9 heavy (non-hydrogen) atoms. The summed E-state index contributed by atoms with van der Waals surface area (Å²) in [5.74, 6) is 0.538. The van der Waals surface area contributed by atoms with Crippen molar-refractivity contribution in [2.24, 2.45) is 0 Å². The van der Waals surface area contributed by atoms with Crippen molar-refractivity contribution in [3.63, 3.8) is 0 Å². The lowest BCUT2D eigenvalue weighted by Crippen LogP contribution is -2.26. The van der Waals surface area contributed by atoms with Crippen LogP contribution in [0, 0.1) is 0 Å². The maximum Gasteiger partial charge on any atom is 0.0398 e. The van der Waals surface area contributed by atoms with Crippen LogP contribution < -0.4 is 5.32 Å². The van der Waals surface area contributed by atoms with Crippen molar-refractivity contribution in [2.45, 2.75) is 11.6 Å². The summed E-state index contributed by atoms with van der Waals surface area (Å²) in [5, 5.41) is 3.17. The second-order valence-electron chi connectivity index (χ2n) is 1.69. The molecular formula is C6H13NP2. The van der Waals surface area contributed by atoms with E-state index in [1.54, 1.807) is 0 Å². The van der Waals surface area contributed by atoms with E-state index >= 15 is 0 Å². The van der Waals surface area contributed by atoms with Gasteiger partial charge >= 0.3 is 0 Å². The SMILES string of the molecule is C=CC(P)NC(P)C=C. The number of hydrogen-bond donors (Lipinski definition) is 1. The highest BCUT2D eigenvalue weighted by atomic mass is 31.0. The summed E-state index contributed by atoms with van der Waals surface area (Å²) in [6.45, 7) is 7.24. The molecule has 0 amide bonds. The summed E-state index contributed by atoms with van der Waals surface area (Å²) in [7, 11) is 5.24. The zero-order valence-electron chi connectivity index (χ0n) is 5.38. The van der Waals surface area contributed by atoms with Gasteiger partial charge in [-0.25, -0.2) is 0 Å². The third-order valence-corrected chi connectivity index (χ3v) is 1.82. The van der Waals surface area contributed by atoms with E-state index in [1.807, 2.05) is 12.2 Å². The first-order chi connectivity index (χ1) is 4.20. The molecule has 4 atom stereocenters. The van der Waals surface area contributed by atoms with Gasteiger partial charge in [-0.15, -0.1) is 31.6 Å². The van der Waals surface area contributed by atoms with Crippen LogP contribution in [0.1, 0.15) is 0 Å². The minimum atomic E-state index is 0.269. The van der Waals surface area contributed by atoms with Gasteiger partial charge in [0.25, 0.3) is 0 Å². The number of nitrogens with one attached hydrogen (secondary N) is 1. The molecule has 0 aromatic heterocycles. The zero-order chi connectivity index (χ0) is 7.28. The lowest BCUT2D eigenvalue weighted by Gasteiger charge is -2.11. The Bertz CT molecular complexity index is 91.2. The first-order valence-electron chi connectivity index (χ1n) is 2.73. The molecule has 0 aromatic carbocycles. The van der Waals surface area contributed by atoms with Gasteiger partial charge in [0.15, 0.2) is 0 Å². The average molecular weight is 161 g/mol. The van der Waals surface area contributed by atoms with E-state index < -0.39 is 0 Å². The minimum Gasteiger partial charge on any atom is -0.298 e. The third kappa shape index (κ3) is 4.78. The summed E-state index contributed by atoms with van der Waals surface area (Å²) in [6, 6.07) is 0. The van der Waals surface area contributed by atoms with Gasteiger partial charge in [-0.3, -0.25) is 5.32 Å². The maximum atomic E-state index is 3.62. The molecule has 0 spiro atoms. The van der Waals surface area contributed by atoms with Gasteiger partial charge < -0.3 is 0 Å². The minimum absolute atomic E-state index is 0.269. The fourth-order valence-electron chi connectivity index (χ4n) is 0.358. The van der Waals surface area contributed by atoms with Crippen LogP contribution in [0.4, 0.5) is 0 Å². The average Bonchev–Trinajstić information content (AvgIpc) is 1.87. The Morgan fingerprint density at radius 3 is 1.67 bits per heavy atom. The van der Waals surface area contributed by atoms with E-state index in [9.17, 15) is 0 Å². The van der Waals surface area contributed by atoms with Crippen LogP contribution in [0.2, 0.25) is 0 Å². The molecule has 0 aliphatic heterocycles. The third-order valence-electron chi connectivity index (χ3n) is 0.893. The summed E-state index contributed by atoms with van der Waals surface area (Å²) in [6.07, 6.45) is 3.65. The van der Waals surface area contributed by atoms with Crippen molar-refractivity contribution in [2.75, 3.05) is 0 Å². The molecule has 1 N–H and O–H groups in total. The first kappa shape index (κ1) is 9.30. The molecule has 1 nitrogen and oxygen atoms in total. The summed E-state index contributed by atoms with van der Waals surface area (Å²) in [5.41, 5.74) is 0. The molecule has 0 rings (SSSR count). The fourth-order valence-corrected chi connectivity index (χ4v) is 1.02. The highest BCUT2D eigenvalue weighted by Gasteiger charge is 1.97. The van der Waals surface area contributed by atoms with Crippen LogP contribution in [0.3, 0.4) is 0 Å². The standard InChI is InChI=1S/C6H13NP2/c1-3-5(8)7-6(9)4-2/h3-7H,1-2,8-9H2. The zero-order valence-corrected chi connectivity index (χ0v) is 7.69. The van der Waals surface area contributed by atoms with Crippen LogP contribution >= 0.6 is 18.5 Å². The Morgan fingerprint density at radius 2 is 1.44 bits per heavy atom. The van der Waals surface area contributed by atoms with Gasteiger partial charge in [-0.2, -0.15) is 0 Å². The molecule has 0 aliphatic carbocycles. The van der Waals surface area contributed by atoms with Gasteiger partial charge in [-0.05, 0) is 0 Å². The quantitative estimate of drug-likeness (QED) is 0.484. The van der Waals surface area contributed by atoms with Crippen LogP contribution in [0.5, 0.6) is 0 Å². The Hall–Kier alpha value is 0.300. The molecule has 0 aliphatic rings. The summed E-state index contributed by atoms with van der Waals surface area (Å²) < 4.78 is 0. The van der Waals surface area contributed by atoms with E-state index in [4.69, 9.17) is 0 Å². The van der Waals surface area contributed by atoms with Crippen molar-refractivity contribution >= 4 is 18.5 Å². The molecule has 0 saturated carbocycles. The van der Waals surface area contributed by atoms with Crippen molar-refractivity contribution in [3.8, 4) is 0 Å². The van der Waals surface area contributed by atoms with E-state index in [1.165, 1.54) is 0 Å². The van der Waals surface area contributed by atoms with Crippen molar-refractivity contribution in [1.29, 1.82) is 0 Å². The van der Waals surface area contributed by atoms with Crippen molar-refractivity contribution in [1.82, 2.24) is 5.32 Å². The summed E-state index contributed by atoms with van der Waals surface area (Å²) >= 11 is 0. The van der Waals surface area contributed by atoms with Crippen molar-refractivity contribution < 1.29 is 0 Å². The molecule has 0 saturated heterocycles. The van der Waals surface area contributed by atoms with Crippen LogP contribution in [0.25, 0.3) is 0 Å². The Balaban J connectivity index is 3.45. The maximum absolute atomic E-state index is 3.62. The number of rotatable bonds is 4. The van der Waals surface area contributed by atoms with Crippen molar-refractivity contribution in [3.05, 3.63) is 25.3 Å². The van der Waals surface area contributed by atoms with E-state index in [-0.39, 0.29) is 11.6 Å². The molecule has 0 radical (unpaired) electrons. The molecule has 52 valence electrons. The van der Waals surface area contributed by atoms with Crippen LogP contribution in [-0.2, 0) is 0 Å². The normalized spacial score (nSPS) is 16.2. The second kappa shape index (κ2) is 5.11. The lowest BCUT2D eigenvalue weighted by molar-refractivity contribution is 0.763. The van der Waals surface area contributed by atoms with E-state index in [0.717, 1.165) is 0 Å². The van der Waals surface area contributed by atoms with Crippen LogP contribution in [-0.4, -0.2) is 11.6 Å². The van der Waals surface area contributed by atoms with Gasteiger partial charge in [0.1, 0.15) is 0 Å². The first-order valence-corrected chi connectivity index (χ1v) is 4.06. The smallest absolute Gasteiger partial charge is 0.0398 e. The fraction of sp³-hybridized carbons (Fsp3) is 0.333. The van der Waals surface area contributed by atoms with Gasteiger partial charge in [0, 0.05) is 11.6 Å². The molecule has 0 bridgehead atoms. The molecule has 0 aromatic rings. The summed E-state index contributed by atoms with van der Waals surface area (Å²) in [4.78, 5) is 0. The lowest BCUT2D eigenvalue weighted by atomic mass is 10.5. The largest absolute Gasteiger partial charge is 0.298 e. The molecule has 0 fully saturated rings. The van der Waals surface area contributed by atoms with Gasteiger partial charge in [0.2, 0.25) is 0 Å². The topological polar surface area (TPSA) is 12.0 Å². The Morgan fingerprint density at radius 1 is 1.11 bits per heavy atom. The highest BCUT2D eigenvalue weighted by molar-refractivity contribution is 7.19. The molecule has 0 heterocycles. The van der Waals surface area contributed by atoms with Gasteiger partial charge in [0.05, 0.1) is 0 Å². The van der Waals surface area contributed by atoms with Gasteiger partial charge in [-0.1, -0.05) is 12.2 Å². The molecular weight excluding hydrogens is 148 g/mol. The second-order valence-corrected chi connectivity index (χ2v) is 3.13.